The van der Waals surface area contributed by atoms with Gasteiger partial charge < -0.3 is 20.2 Å². The van der Waals surface area contributed by atoms with Crippen LogP contribution in [0.2, 0.25) is 0 Å². The Hall–Kier alpha value is -1.94. The lowest BCUT2D eigenvalue weighted by molar-refractivity contribution is -0.140. The second kappa shape index (κ2) is 13.8. The number of aliphatic hydroxyl groups is 2. The third-order valence-electron chi connectivity index (χ3n) is 6.65. The summed E-state index contributed by atoms with van der Waals surface area (Å²) in [4.78, 5) is 11.1. The number of ether oxygens (including phenoxy) is 1. The number of carbonyl (C=O) groups excluding carboxylic acids is 1. The van der Waals surface area contributed by atoms with Gasteiger partial charge in [-0.2, -0.15) is 13.2 Å². The van der Waals surface area contributed by atoms with Gasteiger partial charge in [0, 0.05) is 12.5 Å². The number of benzene rings is 1. The second-order valence-corrected chi connectivity index (χ2v) is 9.00. The minimum atomic E-state index is -4.39. The van der Waals surface area contributed by atoms with Crippen LogP contribution in [0, 0.1) is 11.8 Å². The highest BCUT2D eigenvalue weighted by Crippen LogP contribution is 2.39. The van der Waals surface area contributed by atoms with Crippen LogP contribution in [0.3, 0.4) is 0 Å². The molecule has 0 amide bonds. The number of nitrogens with one attached hydrogen (secondary N) is 1. The van der Waals surface area contributed by atoms with Gasteiger partial charge in [0.2, 0.25) is 0 Å². The molecule has 0 radical (unpaired) electrons. The number of alkyl halides is 3. The lowest BCUT2D eigenvalue weighted by atomic mass is 9.84. The molecule has 1 aromatic rings. The first-order chi connectivity index (χ1) is 16.2. The van der Waals surface area contributed by atoms with Crippen LogP contribution in [0.1, 0.15) is 62.5 Å². The molecule has 2 rings (SSSR count). The topological polar surface area (TPSA) is 99.0 Å². The molecule has 1 fully saturated rings. The fraction of sp³-hybridized carbons (Fsp3) is 0.640. The molecule has 4 N–H and O–H groups in total. The number of hydrogen-bond acceptors (Lipinski definition) is 6. The predicted octanol–water partition coefficient (Wildman–Crippen LogP) is 4.41. The van der Waals surface area contributed by atoms with Gasteiger partial charge in [0.1, 0.15) is 0 Å². The number of allylic oxidation sites excluding steroid dienone is 2. The Bertz CT molecular complexity index is 786. The summed E-state index contributed by atoms with van der Waals surface area (Å²) < 4.78 is 43.2. The number of carbonyl (C=O) groups is 1. The van der Waals surface area contributed by atoms with E-state index in [-0.39, 0.29) is 23.8 Å². The van der Waals surface area contributed by atoms with Crippen LogP contribution >= 0.6 is 0 Å². The molecule has 0 bridgehead atoms. The van der Waals surface area contributed by atoms with Gasteiger partial charge >= 0.3 is 12.1 Å². The molecule has 1 aliphatic carbocycles. The van der Waals surface area contributed by atoms with Crippen LogP contribution in [-0.4, -0.2) is 46.7 Å². The summed E-state index contributed by atoms with van der Waals surface area (Å²) in [6, 6.07) is 4.85. The number of aliphatic hydroxyl groups excluding tert-OH is 2. The third-order valence-corrected chi connectivity index (χ3v) is 6.65. The van der Waals surface area contributed by atoms with E-state index >= 15 is 0 Å². The number of hydrogen-bond donors (Lipinski definition) is 4. The summed E-state index contributed by atoms with van der Waals surface area (Å²) in [6.45, 7) is 0. The molecule has 6 nitrogen and oxygen atoms in total. The third kappa shape index (κ3) is 9.02. The van der Waals surface area contributed by atoms with E-state index in [9.17, 15) is 33.4 Å². The number of methoxy groups -OCH3 is 1. The van der Waals surface area contributed by atoms with Crippen molar-refractivity contribution in [2.45, 2.75) is 82.2 Å². The summed E-state index contributed by atoms with van der Waals surface area (Å²) in [7, 11) is 1.35. The van der Waals surface area contributed by atoms with E-state index in [1.165, 1.54) is 13.2 Å². The summed E-state index contributed by atoms with van der Waals surface area (Å²) in [5.74, 6) is -0.350. The van der Waals surface area contributed by atoms with E-state index in [1.807, 2.05) is 12.2 Å². The smallest absolute Gasteiger partial charge is 0.416 e. The maximum absolute atomic E-state index is 12.9. The maximum atomic E-state index is 12.9. The Morgan fingerprint density at radius 1 is 1.21 bits per heavy atom. The Kier molecular flexibility index (Phi) is 11.5. The number of esters is 1. The van der Waals surface area contributed by atoms with Crippen LogP contribution in [-0.2, 0) is 22.1 Å². The van der Waals surface area contributed by atoms with Crippen molar-refractivity contribution in [1.82, 2.24) is 5.48 Å². The number of halogens is 3. The Labute approximate surface area is 198 Å². The molecule has 0 heterocycles. The van der Waals surface area contributed by atoms with Crippen LogP contribution in [0.5, 0.6) is 0 Å². The first-order valence-corrected chi connectivity index (χ1v) is 11.8. The maximum Gasteiger partial charge on any atom is 0.416 e. The van der Waals surface area contributed by atoms with Crippen molar-refractivity contribution in [3.63, 3.8) is 0 Å². The second-order valence-electron chi connectivity index (χ2n) is 9.00. The minimum absolute atomic E-state index is 0.0355. The molecule has 5 atom stereocenters. The Morgan fingerprint density at radius 3 is 2.62 bits per heavy atom. The van der Waals surface area contributed by atoms with Gasteiger partial charge in [0.15, 0.2) is 0 Å². The van der Waals surface area contributed by atoms with Gasteiger partial charge in [-0.15, -0.1) is 0 Å². The number of hydroxylamine groups is 1. The van der Waals surface area contributed by atoms with Crippen molar-refractivity contribution in [2.24, 2.45) is 11.8 Å². The van der Waals surface area contributed by atoms with Crippen molar-refractivity contribution in [3.8, 4) is 0 Å². The highest BCUT2D eigenvalue weighted by Gasteiger charge is 2.41. The van der Waals surface area contributed by atoms with Gasteiger partial charge in [0.25, 0.3) is 0 Å². The summed E-state index contributed by atoms with van der Waals surface area (Å²) in [6.07, 6.45) is 2.65. The zero-order chi connectivity index (χ0) is 25.1. The number of aryl methyl sites for hydroxylation is 1. The fourth-order valence-corrected chi connectivity index (χ4v) is 4.76. The first kappa shape index (κ1) is 28.3. The van der Waals surface area contributed by atoms with Crippen molar-refractivity contribution in [1.29, 1.82) is 0 Å². The van der Waals surface area contributed by atoms with Crippen LogP contribution in [0.15, 0.2) is 36.4 Å². The molecular weight excluding hydrogens is 451 g/mol. The van der Waals surface area contributed by atoms with Gasteiger partial charge in [0.05, 0.1) is 24.9 Å². The van der Waals surface area contributed by atoms with Crippen LogP contribution in [0.25, 0.3) is 0 Å². The molecule has 0 aliphatic heterocycles. The van der Waals surface area contributed by atoms with E-state index in [4.69, 9.17) is 0 Å². The lowest BCUT2D eigenvalue weighted by Crippen LogP contribution is -2.32. The molecule has 0 spiro atoms. The van der Waals surface area contributed by atoms with Crippen molar-refractivity contribution < 1.29 is 38.1 Å². The average molecular weight is 488 g/mol. The lowest BCUT2D eigenvalue weighted by Gasteiger charge is -2.25. The van der Waals surface area contributed by atoms with E-state index in [2.05, 4.69) is 10.2 Å². The molecule has 192 valence electrons. The molecule has 9 heteroatoms. The van der Waals surface area contributed by atoms with Gasteiger partial charge in [-0.05, 0) is 74.8 Å². The normalized spacial score (nSPS) is 24.0. The molecule has 1 unspecified atom stereocenters. The molecule has 1 saturated carbocycles. The predicted molar refractivity (Wildman–Crippen MR) is 121 cm³/mol. The highest BCUT2D eigenvalue weighted by atomic mass is 19.4. The first-order valence-electron chi connectivity index (χ1n) is 11.8. The SMILES string of the molecule is COC(=O)CC/C=C\CC[C@H]1[C@@H](O)CC(NO)[C@@H]1CC[C@@H](O)CCc1cccc(C(F)(F)F)c1. The van der Waals surface area contributed by atoms with Crippen LogP contribution < -0.4 is 5.48 Å². The molecule has 0 saturated heterocycles. The van der Waals surface area contributed by atoms with E-state index in [0.717, 1.165) is 18.6 Å². The Morgan fingerprint density at radius 2 is 1.94 bits per heavy atom. The van der Waals surface area contributed by atoms with Gasteiger partial charge in [-0.25, -0.2) is 5.48 Å². The van der Waals surface area contributed by atoms with Crippen LogP contribution in [0.4, 0.5) is 13.2 Å². The molecule has 1 aromatic carbocycles. The highest BCUT2D eigenvalue weighted by molar-refractivity contribution is 5.69. The molecule has 0 aromatic heterocycles. The van der Waals surface area contributed by atoms with E-state index in [0.29, 0.717) is 56.9 Å². The summed E-state index contributed by atoms with van der Waals surface area (Å²) >= 11 is 0. The van der Waals surface area contributed by atoms with Gasteiger partial charge in [-0.1, -0.05) is 30.4 Å². The average Bonchev–Trinajstić information content (AvgIpc) is 3.12. The van der Waals surface area contributed by atoms with Crippen molar-refractivity contribution in [2.75, 3.05) is 7.11 Å². The number of rotatable bonds is 13. The van der Waals surface area contributed by atoms with Gasteiger partial charge in [-0.3, -0.25) is 4.79 Å². The zero-order valence-electron chi connectivity index (χ0n) is 19.5. The quantitative estimate of drug-likeness (QED) is 0.187. The molecule has 1 aliphatic rings. The zero-order valence-corrected chi connectivity index (χ0v) is 19.5. The minimum Gasteiger partial charge on any atom is -0.469 e. The molecule has 34 heavy (non-hydrogen) atoms. The summed E-state index contributed by atoms with van der Waals surface area (Å²) in [5.41, 5.74) is 2.12. The fourth-order valence-electron chi connectivity index (χ4n) is 4.76. The summed E-state index contributed by atoms with van der Waals surface area (Å²) in [5, 5.41) is 30.4. The monoisotopic (exact) mass is 487 g/mol. The van der Waals surface area contributed by atoms with Crippen molar-refractivity contribution in [3.05, 3.63) is 47.5 Å². The Balaban J connectivity index is 1.82. The van der Waals surface area contributed by atoms with Crippen molar-refractivity contribution >= 4 is 5.97 Å². The van der Waals surface area contributed by atoms with E-state index < -0.39 is 23.9 Å². The largest absolute Gasteiger partial charge is 0.469 e. The molecular formula is C25H36F3NO5. The standard InChI is InChI=1S/C25H36F3NO5/c1-34-24(32)10-5-3-2-4-9-21-20(22(29-33)16-23(21)31)14-13-19(30)12-11-17-7-6-8-18(15-17)25(26,27)28/h2-3,6-8,15,19-23,29-31,33H,4-5,9-14,16H2,1H3/b3-2-/t19-,20+,21+,22?,23-/m0/s1. The van der Waals surface area contributed by atoms with E-state index in [1.54, 1.807) is 6.07 Å².